The lowest BCUT2D eigenvalue weighted by molar-refractivity contribution is -0.166. The van der Waals surface area contributed by atoms with Gasteiger partial charge < -0.3 is 65.5 Å². The van der Waals surface area contributed by atoms with Crippen molar-refractivity contribution in [1.82, 2.24) is 4.90 Å². The quantitative estimate of drug-likeness (QED) is 0.0324. The van der Waals surface area contributed by atoms with E-state index in [1.165, 1.54) is 18.2 Å². The second kappa shape index (κ2) is 47.0. The smallest absolute Gasteiger partial charge is 0.460 e. The number of rotatable bonds is 27. The van der Waals surface area contributed by atoms with Crippen molar-refractivity contribution in [3.05, 3.63) is 85.6 Å². The minimum atomic E-state index is -2.65. The number of cyclic esters (lactones) is 1. The van der Waals surface area contributed by atoms with E-state index in [1.807, 2.05) is 45.1 Å². The molecular weight excluding hydrogens is 1410 g/mol. The van der Waals surface area contributed by atoms with Crippen LogP contribution in [0.2, 0.25) is 52.4 Å². The Bertz CT molecular complexity index is 2820. The zero-order valence-corrected chi connectivity index (χ0v) is 74.2. The van der Waals surface area contributed by atoms with Crippen molar-refractivity contribution >= 4 is 55.3 Å². The van der Waals surface area contributed by atoms with E-state index >= 15 is 9.59 Å². The van der Waals surface area contributed by atoms with Crippen LogP contribution in [0.25, 0.3) is 0 Å². The average Bonchev–Trinajstić information content (AvgIpc) is 0.797. The van der Waals surface area contributed by atoms with Gasteiger partial charge in [-0.1, -0.05) is 199 Å². The van der Waals surface area contributed by atoms with E-state index in [0.29, 0.717) is 68.0 Å². The highest BCUT2D eigenvalue weighted by Gasteiger charge is 2.50. The molecule has 0 bridgehead atoms. The van der Waals surface area contributed by atoms with E-state index in [-0.39, 0.29) is 110 Å². The Morgan fingerprint density at radius 3 is 1.72 bits per heavy atom. The first-order valence-corrected chi connectivity index (χ1v) is 47.9. The van der Waals surface area contributed by atoms with Crippen LogP contribution < -0.4 is 0 Å². The third-order valence-electron chi connectivity index (χ3n) is 23.9. The summed E-state index contributed by atoms with van der Waals surface area (Å²) in [6.07, 6.45) is 14.3. The fraction of sp³-hybridized carbons (Fsp3) is 0.776. The Morgan fingerprint density at radius 2 is 1.20 bits per heavy atom. The van der Waals surface area contributed by atoms with Gasteiger partial charge in [-0.3, -0.25) is 4.79 Å². The van der Waals surface area contributed by atoms with Crippen molar-refractivity contribution in [2.45, 2.75) is 341 Å². The Balaban J connectivity index is 2.51. The molecule has 0 radical (unpaired) electrons. The summed E-state index contributed by atoms with van der Waals surface area (Å²) in [5.74, 6) is -2.44. The van der Waals surface area contributed by atoms with Crippen molar-refractivity contribution in [2.75, 3.05) is 47.7 Å². The number of amides is 1. The van der Waals surface area contributed by atoms with Crippen LogP contribution in [0.15, 0.2) is 85.6 Å². The standard InChI is InChI=1S/C85H149NO18Si3/c1-29-47-95-82(89)99-74-55-73(65(18)52-68-43-45-71(76(53-68)93-25)103-107(58(8)9,59(10)11)60(12)13)98-81(88)70-41-37-38-46-86(70)77(87)56-75(100-83(90)96-48-30-2)63(16)42-44-69(102-105(27,28)85(21,22)23)54-72(92-24)62(15)40-36-34-35-39-61(14)50-66(19)78(101-84(91)97-49-31-3)80(94-26)79(67(20)51-64(74)17)104-106(32-4,33-5)57(6)7/h29-31,34-36,39-40,51,57-61,63-66,68-76,78-80H,1-3,32-33,37-38,41-50,52-56H2,4-28H3/b36-34+,39-35+,62-40+,67-51+/t61-,63-,64-,65-,66-,68+,69+,70+,71-,72+,73+,74+,75?,76-,78-,79-,80+/m1/s1. The molecule has 1 unspecified atom stereocenters. The molecule has 2 heterocycles. The number of piperidine rings is 1. The molecule has 1 amide bonds. The highest BCUT2D eigenvalue weighted by atomic mass is 28.4. The summed E-state index contributed by atoms with van der Waals surface area (Å²) in [4.78, 5) is 74.3. The maximum atomic E-state index is 15.7. The van der Waals surface area contributed by atoms with Gasteiger partial charge in [-0.25, -0.2) is 19.2 Å². The summed E-state index contributed by atoms with van der Waals surface area (Å²) in [7, 11) is -2.24. The molecule has 0 N–H and O–H groups in total. The fourth-order valence-electron chi connectivity index (χ4n) is 16.5. The molecule has 3 rings (SSSR count). The lowest BCUT2D eigenvalue weighted by Gasteiger charge is -2.48. The van der Waals surface area contributed by atoms with Crippen LogP contribution in [-0.4, -0.2) is 175 Å². The largest absolute Gasteiger partial charge is 0.508 e. The molecule has 17 atom stereocenters. The van der Waals surface area contributed by atoms with Gasteiger partial charge in [0.15, 0.2) is 16.6 Å². The summed E-state index contributed by atoms with van der Waals surface area (Å²) < 4.78 is 84.3. The monoisotopic (exact) mass is 1560 g/mol. The zero-order chi connectivity index (χ0) is 80.7. The Labute approximate surface area is 651 Å². The lowest BCUT2D eigenvalue weighted by atomic mass is 9.78. The van der Waals surface area contributed by atoms with Gasteiger partial charge in [-0.15, -0.1) is 0 Å². The van der Waals surface area contributed by atoms with Crippen LogP contribution in [0, 0.1) is 35.5 Å². The van der Waals surface area contributed by atoms with Crippen molar-refractivity contribution in [3.63, 3.8) is 0 Å². The normalized spacial score (nSPS) is 30.0. The van der Waals surface area contributed by atoms with Gasteiger partial charge in [0.05, 0.1) is 30.8 Å². The van der Waals surface area contributed by atoms with Crippen molar-refractivity contribution in [3.8, 4) is 0 Å². The number of hydrogen-bond acceptors (Lipinski definition) is 18. The number of esters is 1. The third-order valence-corrected chi connectivity index (χ3v) is 39.8. The van der Waals surface area contributed by atoms with E-state index in [9.17, 15) is 14.4 Å². The van der Waals surface area contributed by atoms with Crippen LogP contribution in [-0.2, 0) is 70.2 Å². The first kappa shape index (κ1) is 96.5. The van der Waals surface area contributed by atoms with Gasteiger partial charge >= 0.3 is 24.4 Å². The molecule has 1 saturated heterocycles. The van der Waals surface area contributed by atoms with Gasteiger partial charge in [0.1, 0.15) is 56.4 Å². The minimum Gasteiger partial charge on any atom is -0.460 e. The number of methoxy groups -OCH3 is 3. The van der Waals surface area contributed by atoms with E-state index in [0.717, 1.165) is 42.5 Å². The molecule has 19 nitrogen and oxygen atoms in total. The molecule has 2 fully saturated rings. The molecule has 1 saturated carbocycles. The van der Waals surface area contributed by atoms with E-state index in [2.05, 4.69) is 163 Å². The number of carbonyl (C=O) groups is 5. The van der Waals surface area contributed by atoms with Gasteiger partial charge in [0.2, 0.25) is 14.2 Å². The highest BCUT2D eigenvalue weighted by Crippen LogP contribution is 2.47. The molecule has 2 aliphatic heterocycles. The number of nitrogens with zero attached hydrogens (tertiary/aromatic N) is 1. The highest BCUT2D eigenvalue weighted by molar-refractivity contribution is 6.77. The molecule has 614 valence electrons. The summed E-state index contributed by atoms with van der Waals surface area (Å²) in [6.45, 7) is 59.2. The van der Waals surface area contributed by atoms with Gasteiger partial charge in [0, 0.05) is 52.7 Å². The summed E-state index contributed by atoms with van der Waals surface area (Å²) >= 11 is 0. The number of allylic oxidation sites excluding steroid dienone is 5. The molecule has 1 aliphatic carbocycles. The van der Waals surface area contributed by atoms with E-state index < -0.39 is 98.0 Å². The van der Waals surface area contributed by atoms with Crippen molar-refractivity contribution < 1.29 is 84.6 Å². The van der Waals surface area contributed by atoms with E-state index in [4.69, 9.17) is 60.6 Å². The Kier molecular flexibility index (Phi) is 42.4. The van der Waals surface area contributed by atoms with Crippen molar-refractivity contribution in [2.24, 2.45) is 35.5 Å². The van der Waals surface area contributed by atoms with Crippen LogP contribution in [0.5, 0.6) is 0 Å². The van der Waals surface area contributed by atoms with Gasteiger partial charge in [0.25, 0.3) is 0 Å². The maximum absolute atomic E-state index is 15.7. The number of ether oxygens (including phenoxy) is 10. The van der Waals surface area contributed by atoms with E-state index in [1.54, 1.807) is 26.2 Å². The number of carbonyl (C=O) groups excluding carboxylic acids is 5. The summed E-state index contributed by atoms with van der Waals surface area (Å²) in [5, 5.41) is -0.116. The Hall–Kier alpha value is -4.66. The lowest BCUT2D eigenvalue weighted by Crippen LogP contribution is -2.53. The zero-order valence-electron chi connectivity index (χ0n) is 71.2. The van der Waals surface area contributed by atoms with Gasteiger partial charge in [-0.05, 0) is 171 Å². The van der Waals surface area contributed by atoms with Crippen LogP contribution in [0.1, 0.15) is 222 Å². The second-order valence-electron chi connectivity index (χ2n) is 33.9. The predicted molar refractivity (Wildman–Crippen MR) is 437 cm³/mol. The van der Waals surface area contributed by atoms with Crippen molar-refractivity contribution in [1.29, 1.82) is 0 Å². The summed E-state index contributed by atoms with van der Waals surface area (Å²) in [5.41, 5.74) is 3.08. The topological polar surface area (TPSA) is 209 Å². The van der Waals surface area contributed by atoms with Crippen LogP contribution in [0.4, 0.5) is 14.4 Å². The molecule has 0 aromatic heterocycles. The SMILES string of the molecule is C=CCOC(=O)OC1CC(=O)N2CCCC[C@H]2C(=O)O[C@H]([C@H](C)C[C@@H]2CC[C@@H](O[Si](C(C)C)(C(C)C)C(C)C)[C@H](OC)C2)C[C@H](OC(=O)OCC=C)[C@H](C)/C=C(\C)[C@@H](O[Si](CC)(CC)C(C)C)[C@@H](OC)[C@H](OC(=O)OCC=C)[C@H](C)C[C@H](C)/C=C/C=C/C=C(\C)[C@@H](OC)C[C@@H](O[Si](C)(C)C(C)(C)C)CC[C@H]1C. The molecule has 3 aliphatic rings. The molecular formula is C85H149NO18Si3. The van der Waals surface area contributed by atoms with Gasteiger partial charge in [-0.2, -0.15) is 0 Å². The maximum Gasteiger partial charge on any atom is 0.508 e. The fourth-order valence-corrected chi connectivity index (χ4v) is 27.1. The summed E-state index contributed by atoms with van der Waals surface area (Å²) in [6, 6.07) is 0.572. The first-order chi connectivity index (χ1) is 50.3. The number of hydrogen-bond donors (Lipinski definition) is 0. The molecule has 107 heavy (non-hydrogen) atoms. The average molecular weight is 1560 g/mol. The molecule has 0 spiro atoms. The predicted octanol–water partition coefficient (Wildman–Crippen LogP) is 20.9. The molecule has 0 aromatic carbocycles. The Morgan fingerprint density at radius 1 is 0.617 bits per heavy atom. The molecule has 22 heteroatoms. The van der Waals surface area contributed by atoms with Crippen LogP contribution in [0.3, 0.4) is 0 Å². The molecule has 0 aromatic rings. The second-order valence-corrected chi connectivity index (χ2v) is 49.0. The number of fused-ring (bicyclic) bond motifs is 1. The van der Waals surface area contributed by atoms with Crippen LogP contribution >= 0.6 is 0 Å². The first-order valence-electron chi connectivity index (χ1n) is 40.5. The minimum absolute atomic E-state index is 0.00681. The third kappa shape index (κ3) is 29.4.